The van der Waals surface area contributed by atoms with Crippen LogP contribution in [0.4, 0.5) is 0 Å². The van der Waals surface area contributed by atoms with Crippen LogP contribution in [0.3, 0.4) is 0 Å². The summed E-state index contributed by atoms with van der Waals surface area (Å²) in [6.07, 6.45) is 4.94. The van der Waals surface area contributed by atoms with Gasteiger partial charge in [-0.15, -0.1) is 23.0 Å². The van der Waals surface area contributed by atoms with E-state index in [1.165, 1.54) is 11.3 Å². The number of thiazole rings is 1. The van der Waals surface area contributed by atoms with Crippen LogP contribution < -0.4 is 10.2 Å². The predicted molar refractivity (Wildman–Crippen MR) is 74.5 cm³/mol. The predicted octanol–water partition coefficient (Wildman–Crippen LogP) is 1.68. The zero-order chi connectivity index (χ0) is 13.7. The lowest BCUT2D eigenvalue weighted by atomic mass is 10.3. The van der Waals surface area contributed by atoms with E-state index in [0.717, 1.165) is 10.5 Å². The number of allylic oxidation sites excluding steroid dienone is 1. The van der Waals surface area contributed by atoms with Crippen molar-refractivity contribution in [1.82, 2.24) is 15.0 Å². The molecule has 0 bridgehead atoms. The highest BCUT2D eigenvalue weighted by atomic mass is 32.1. The summed E-state index contributed by atoms with van der Waals surface area (Å²) < 4.78 is 1.98. The fraction of sp³-hybridized carbons (Fsp3) is 0.154. The monoisotopic (exact) mass is 274 g/mol. The van der Waals surface area contributed by atoms with E-state index >= 15 is 0 Å². The highest BCUT2D eigenvalue weighted by molar-refractivity contribution is 7.07. The number of carbonyl (C=O) groups is 1. The van der Waals surface area contributed by atoms with Crippen LogP contribution >= 0.6 is 11.3 Å². The highest BCUT2D eigenvalue weighted by Gasteiger charge is 2.04. The molecule has 2 heterocycles. The molecule has 1 amide bonds. The third kappa shape index (κ3) is 3.17. The van der Waals surface area contributed by atoms with Gasteiger partial charge in [0.15, 0.2) is 0 Å². The van der Waals surface area contributed by atoms with Gasteiger partial charge < -0.3 is 4.57 Å². The van der Waals surface area contributed by atoms with Crippen LogP contribution in [-0.4, -0.2) is 15.5 Å². The van der Waals surface area contributed by atoms with Gasteiger partial charge in [0.2, 0.25) is 4.80 Å². The normalized spacial score (nSPS) is 11.3. The first-order valence-corrected chi connectivity index (χ1v) is 6.60. The molecule has 2 rings (SSSR count). The van der Waals surface area contributed by atoms with E-state index in [1.54, 1.807) is 30.6 Å². The van der Waals surface area contributed by atoms with E-state index in [9.17, 15) is 4.79 Å². The number of aryl methyl sites for hydroxylation is 1. The van der Waals surface area contributed by atoms with Gasteiger partial charge in [-0.25, -0.2) is 5.43 Å². The topological polar surface area (TPSA) is 59.3 Å². The second kappa shape index (κ2) is 6.10. The molecule has 2 aromatic rings. The molecule has 1 N–H and O–H groups in total. The number of hydrogen-bond donors (Lipinski definition) is 1. The molecule has 0 spiro atoms. The lowest BCUT2D eigenvalue weighted by Gasteiger charge is -2.01. The third-order valence-electron chi connectivity index (χ3n) is 2.50. The molecule has 0 fully saturated rings. The fourth-order valence-corrected chi connectivity index (χ4v) is 2.37. The van der Waals surface area contributed by atoms with Crippen LogP contribution in [0.15, 0.2) is 47.7 Å². The van der Waals surface area contributed by atoms with Crippen molar-refractivity contribution in [1.29, 1.82) is 0 Å². The van der Waals surface area contributed by atoms with Crippen LogP contribution in [0.2, 0.25) is 0 Å². The summed E-state index contributed by atoms with van der Waals surface area (Å²) in [4.78, 5) is 16.4. The number of amides is 1. The lowest BCUT2D eigenvalue weighted by molar-refractivity contribution is 0.0953. The van der Waals surface area contributed by atoms with Crippen LogP contribution in [0.1, 0.15) is 16.1 Å². The number of aromatic nitrogens is 2. The van der Waals surface area contributed by atoms with Crippen molar-refractivity contribution in [3.05, 3.63) is 58.6 Å². The maximum Gasteiger partial charge on any atom is 0.271 e. The zero-order valence-electron chi connectivity index (χ0n) is 10.5. The average Bonchev–Trinajstić information content (AvgIpc) is 2.79. The Hall–Kier alpha value is -2.21. The first-order valence-electron chi connectivity index (χ1n) is 5.72. The van der Waals surface area contributed by atoms with E-state index in [4.69, 9.17) is 0 Å². The standard InChI is InChI=1S/C13H14N4OS/c1-3-8-17-10(2)9-19-13(17)16-15-12(18)11-4-6-14-7-5-11/h3-7,9H,1,8H2,2H3,(H,15,18)/b16-13+. The molecular formula is C13H14N4OS. The Labute approximate surface area is 114 Å². The molecule has 0 unspecified atom stereocenters. The van der Waals surface area contributed by atoms with Crippen LogP contribution in [-0.2, 0) is 6.54 Å². The van der Waals surface area contributed by atoms with E-state index in [1.807, 2.05) is 16.9 Å². The third-order valence-corrected chi connectivity index (χ3v) is 3.48. The van der Waals surface area contributed by atoms with Crippen LogP contribution in [0.25, 0.3) is 0 Å². The molecule has 19 heavy (non-hydrogen) atoms. The minimum Gasteiger partial charge on any atom is -0.316 e. The van der Waals surface area contributed by atoms with Gasteiger partial charge in [0.1, 0.15) is 0 Å². The van der Waals surface area contributed by atoms with Crippen LogP contribution in [0, 0.1) is 6.92 Å². The molecule has 5 nitrogen and oxygen atoms in total. The van der Waals surface area contributed by atoms with Crippen molar-refractivity contribution in [2.75, 3.05) is 0 Å². The SMILES string of the molecule is C=CCn1c(C)cs/c1=N/NC(=O)c1ccncc1. The van der Waals surface area contributed by atoms with Gasteiger partial charge >= 0.3 is 0 Å². The van der Waals surface area contributed by atoms with Gasteiger partial charge in [-0.1, -0.05) is 6.08 Å². The molecular weight excluding hydrogens is 260 g/mol. The number of pyridine rings is 1. The van der Waals surface area contributed by atoms with Crippen molar-refractivity contribution in [2.45, 2.75) is 13.5 Å². The van der Waals surface area contributed by atoms with E-state index in [0.29, 0.717) is 12.1 Å². The van der Waals surface area contributed by atoms with Crippen molar-refractivity contribution in [2.24, 2.45) is 5.10 Å². The van der Waals surface area contributed by atoms with Gasteiger partial charge in [0.25, 0.3) is 5.91 Å². The van der Waals surface area contributed by atoms with Crippen LogP contribution in [0.5, 0.6) is 0 Å². The summed E-state index contributed by atoms with van der Waals surface area (Å²) in [5.41, 5.74) is 4.16. The van der Waals surface area contributed by atoms with Gasteiger partial charge in [0, 0.05) is 35.6 Å². The molecule has 0 atom stereocenters. The van der Waals surface area contributed by atoms with E-state index < -0.39 is 0 Å². The Morgan fingerprint density at radius 2 is 2.32 bits per heavy atom. The molecule has 0 aromatic carbocycles. The molecule has 0 saturated heterocycles. The summed E-state index contributed by atoms with van der Waals surface area (Å²) in [5.74, 6) is -0.251. The highest BCUT2D eigenvalue weighted by Crippen LogP contribution is 2.00. The Kier molecular flexibility index (Phi) is 4.25. The number of hydrogen-bond acceptors (Lipinski definition) is 4. The smallest absolute Gasteiger partial charge is 0.271 e. The second-order valence-corrected chi connectivity index (χ2v) is 4.68. The number of carbonyl (C=O) groups excluding carboxylic acids is 1. The molecule has 0 aliphatic rings. The molecule has 0 aliphatic carbocycles. The minimum atomic E-state index is -0.251. The number of nitrogens with one attached hydrogen (secondary N) is 1. The number of rotatable bonds is 4. The summed E-state index contributed by atoms with van der Waals surface area (Å²) in [7, 11) is 0. The van der Waals surface area contributed by atoms with Crippen molar-refractivity contribution in [3.8, 4) is 0 Å². The molecule has 0 aliphatic heterocycles. The summed E-state index contributed by atoms with van der Waals surface area (Å²) in [5, 5.41) is 6.12. The largest absolute Gasteiger partial charge is 0.316 e. The van der Waals surface area contributed by atoms with Gasteiger partial charge in [-0.3, -0.25) is 9.78 Å². The summed E-state index contributed by atoms with van der Waals surface area (Å²) in [6, 6.07) is 3.28. The Morgan fingerprint density at radius 3 is 3.00 bits per heavy atom. The second-order valence-electron chi connectivity index (χ2n) is 3.85. The molecule has 98 valence electrons. The molecule has 2 aromatic heterocycles. The van der Waals surface area contributed by atoms with Crippen molar-refractivity contribution in [3.63, 3.8) is 0 Å². The zero-order valence-corrected chi connectivity index (χ0v) is 11.4. The molecule has 0 saturated carbocycles. The average molecular weight is 274 g/mol. The first-order chi connectivity index (χ1) is 9.22. The van der Waals surface area contributed by atoms with E-state index in [-0.39, 0.29) is 5.91 Å². The maximum atomic E-state index is 11.8. The lowest BCUT2D eigenvalue weighted by Crippen LogP contribution is -2.24. The fourth-order valence-electron chi connectivity index (χ4n) is 1.52. The molecule has 6 heteroatoms. The minimum absolute atomic E-state index is 0.251. The summed E-state index contributed by atoms with van der Waals surface area (Å²) in [6.45, 7) is 6.36. The maximum absolute atomic E-state index is 11.8. The Bertz CT molecular complexity index is 642. The quantitative estimate of drug-likeness (QED) is 0.681. The van der Waals surface area contributed by atoms with Crippen molar-refractivity contribution >= 4 is 17.2 Å². The molecule has 0 radical (unpaired) electrons. The number of nitrogens with zero attached hydrogens (tertiary/aromatic N) is 3. The van der Waals surface area contributed by atoms with E-state index in [2.05, 4.69) is 22.1 Å². The van der Waals surface area contributed by atoms with Crippen molar-refractivity contribution < 1.29 is 4.79 Å². The Morgan fingerprint density at radius 1 is 1.58 bits per heavy atom. The Balaban J connectivity index is 2.19. The van der Waals surface area contributed by atoms with Gasteiger partial charge in [0.05, 0.1) is 0 Å². The van der Waals surface area contributed by atoms with Gasteiger partial charge in [-0.2, -0.15) is 0 Å². The van der Waals surface area contributed by atoms with Gasteiger partial charge in [-0.05, 0) is 19.1 Å². The first kappa shape index (κ1) is 13.2. The summed E-state index contributed by atoms with van der Waals surface area (Å²) >= 11 is 1.47.